The molecule has 1 saturated heterocycles. The van der Waals surface area contributed by atoms with Gasteiger partial charge >= 0.3 is 0 Å². The Balaban J connectivity index is 2.07. The summed E-state index contributed by atoms with van der Waals surface area (Å²) in [5.41, 5.74) is 1.21. The molecule has 1 heterocycles. The quantitative estimate of drug-likeness (QED) is 0.201. The highest BCUT2D eigenvalue weighted by molar-refractivity contribution is 9.10. The Kier molecular flexibility index (Phi) is 10.2. The van der Waals surface area contributed by atoms with Crippen LogP contribution < -0.4 is 9.47 Å². The molecule has 3 rings (SSSR count). The number of aliphatic hydroxyl groups excluding tert-OH is 1. The molecule has 1 fully saturated rings. The highest BCUT2D eigenvalue weighted by Crippen LogP contribution is 2.42. The van der Waals surface area contributed by atoms with Crippen molar-refractivity contribution in [1.82, 2.24) is 9.80 Å². The molecule has 0 spiro atoms. The summed E-state index contributed by atoms with van der Waals surface area (Å²) >= 11 is 3.40. The molecule has 0 aromatic heterocycles. The van der Waals surface area contributed by atoms with Gasteiger partial charge in [0.1, 0.15) is 5.76 Å². The number of amides is 1. The third-order valence-corrected chi connectivity index (χ3v) is 7.19. The Hall–Kier alpha value is -2.84. The molecule has 37 heavy (non-hydrogen) atoms. The summed E-state index contributed by atoms with van der Waals surface area (Å²) in [4.78, 5) is 30.3. The van der Waals surface area contributed by atoms with Gasteiger partial charge in [0.2, 0.25) is 0 Å². The maximum atomic E-state index is 13.3. The highest BCUT2D eigenvalue weighted by Gasteiger charge is 2.46. The van der Waals surface area contributed by atoms with Gasteiger partial charge in [-0.2, -0.15) is 0 Å². The van der Waals surface area contributed by atoms with Gasteiger partial charge in [-0.1, -0.05) is 61.8 Å². The number of benzene rings is 2. The number of likely N-dealkylation sites (tertiary alicyclic amines) is 1. The molecule has 0 saturated carbocycles. The number of hydrogen-bond donors (Lipinski definition) is 1. The number of likely N-dealkylation sites (N-methyl/N-ethyl adjacent to an activating group) is 1. The molecule has 1 unspecified atom stereocenters. The smallest absolute Gasteiger partial charge is 0.295 e. The van der Waals surface area contributed by atoms with Gasteiger partial charge in [0, 0.05) is 23.1 Å². The van der Waals surface area contributed by atoms with Gasteiger partial charge in [-0.25, -0.2) is 0 Å². The predicted molar refractivity (Wildman–Crippen MR) is 149 cm³/mol. The van der Waals surface area contributed by atoms with Crippen LogP contribution in [0.25, 0.3) is 5.76 Å². The van der Waals surface area contributed by atoms with Gasteiger partial charge in [-0.15, -0.1) is 0 Å². The number of carbonyl (C=O) groups excluding carboxylic acids is 2. The van der Waals surface area contributed by atoms with E-state index >= 15 is 0 Å². The Labute approximate surface area is 228 Å². The van der Waals surface area contributed by atoms with E-state index in [0.717, 1.165) is 24.0 Å². The van der Waals surface area contributed by atoms with E-state index < -0.39 is 17.7 Å². The van der Waals surface area contributed by atoms with E-state index in [9.17, 15) is 14.7 Å². The van der Waals surface area contributed by atoms with Crippen LogP contribution >= 0.6 is 15.9 Å². The summed E-state index contributed by atoms with van der Waals surface area (Å²) in [6, 6.07) is 11.7. The van der Waals surface area contributed by atoms with Crippen LogP contribution in [0, 0.1) is 5.92 Å². The van der Waals surface area contributed by atoms with Gasteiger partial charge in [-0.05, 0) is 55.3 Å². The summed E-state index contributed by atoms with van der Waals surface area (Å²) in [5.74, 6) is 0.110. The van der Waals surface area contributed by atoms with Crippen molar-refractivity contribution in [3.05, 3.63) is 63.6 Å². The summed E-state index contributed by atoms with van der Waals surface area (Å²) < 4.78 is 12.4. The molecule has 2 aromatic rings. The molecule has 0 radical (unpaired) electrons. The van der Waals surface area contributed by atoms with Crippen molar-refractivity contribution < 1.29 is 24.2 Å². The molecule has 7 nitrogen and oxygen atoms in total. The van der Waals surface area contributed by atoms with Gasteiger partial charge in [-0.3, -0.25) is 9.59 Å². The summed E-state index contributed by atoms with van der Waals surface area (Å²) in [6.45, 7) is 11.6. The lowest BCUT2D eigenvalue weighted by Crippen LogP contribution is -2.38. The normalized spacial score (nSPS) is 17.2. The zero-order valence-electron chi connectivity index (χ0n) is 22.3. The Bertz CT molecular complexity index is 1130. The van der Waals surface area contributed by atoms with E-state index in [1.807, 2.05) is 6.07 Å². The van der Waals surface area contributed by atoms with Crippen molar-refractivity contribution in [3.8, 4) is 11.5 Å². The maximum Gasteiger partial charge on any atom is 0.295 e. The Morgan fingerprint density at radius 3 is 2.35 bits per heavy atom. The number of Topliss-reactive ketones (excluding diaryl/α,β-unsaturated/α-hetero) is 1. The second-order valence-electron chi connectivity index (χ2n) is 9.47. The number of hydrogen-bond acceptors (Lipinski definition) is 6. The minimum atomic E-state index is -0.752. The highest BCUT2D eigenvalue weighted by atomic mass is 79.9. The number of rotatable bonds is 12. The first-order valence-electron chi connectivity index (χ1n) is 12.8. The minimum absolute atomic E-state index is 0.0717. The number of halogens is 1. The van der Waals surface area contributed by atoms with Crippen molar-refractivity contribution in [3.63, 3.8) is 0 Å². The van der Waals surface area contributed by atoms with Gasteiger partial charge in [0.05, 0.1) is 25.3 Å². The summed E-state index contributed by atoms with van der Waals surface area (Å²) in [6.07, 6.45) is 0.906. The Morgan fingerprint density at radius 1 is 1.08 bits per heavy atom. The van der Waals surface area contributed by atoms with Crippen molar-refractivity contribution in [2.24, 2.45) is 5.92 Å². The molecular formula is C29H37BrN2O5. The number of aliphatic hydroxyl groups is 1. The van der Waals surface area contributed by atoms with Crippen LogP contribution in [0.4, 0.5) is 0 Å². The summed E-state index contributed by atoms with van der Waals surface area (Å²) in [7, 11) is 1.56. The van der Waals surface area contributed by atoms with Crippen LogP contribution in [0.5, 0.6) is 11.5 Å². The zero-order valence-corrected chi connectivity index (χ0v) is 23.9. The van der Waals surface area contributed by atoms with Crippen molar-refractivity contribution in [2.75, 3.05) is 39.9 Å². The number of ether oxygens (including phenoxy) is 2. The fourth-order valence-electron chi connectivity index (χ4n) is 4.39. The van der Waals surface area contributed by atoms with E-state index in [-0.39, 0.29) is 11.3 Å². The first kappa shape index (κ1) is 28.7. The summed E-state index contributed by atoms with van der Waals surface area (Å²) in [5, 5.41) is 11.3. The third kappa shape index (κ3) is 6.73. The number of carbonyl (C=O) groups is 2. The van der Waals surface area contributed by atoms with E-state index in [0.29, 0.717) is 48.2 Å². The van der Waals surface area contributed by atoms with Crippen LogP contribution in [-0.4, -0.2) is 66.5 Å². The molecule has 200 valence electrons. The van der Waals surface area contributed by atoms with E-state index in [1.54, 1.807) is 48.4 Å². The molecule has 1 atom stereocenters. The van der Waals surface area contributed by atoms with Gasteiger partial charge < -0.3 is 24.4 Å². The van der Waals surface area contributed by atoms with Crippen LogP contribution in [0.3, 0.4) is 0 Å². The van der Waals surface area contributed by atoms with E-state index in [1.165, 1.54) is 0 Å². The zero-order chi connectivity index (χ0) is 27.1. The first-order valence-corrected chi connectivity index (χ1v) is 13.6. The number of methoxy groups -OCH3 is 1. The molecule has 1 amide bonds. The molecule has 1 aliphatic rings. The average molecular weight is 574 g/mol. The second-order valence-corrected chi connectivity index (χ2v) is 10.4. The third-order valence-electron chi connectivity index (χ3n) is 6.67. The van der Waals surface area contributed by atoms with Crippen LogP contribution in [0.2, 0.25) is 0 Å². The molecular weight excluding hydrogens is 536 g/mol. The molecule has 1 aliphatic heterocycles. The molecule has 0 bridgehead atoms. The molecule has 2 aromatic carbocycles. The number of ketones is 1. The fraction of sp³-hybridized carbons (Fsp3) is 0.448. The lowest BCUT2D eigenvalue weighted by molar-refractivity contribution is -0.140. The SMILES string of the molecule is CCN(CC)CCN1C(=O)C(=O)C(=C(O)c2ccc(Br)cc2)C1c1ccc(OCCC(C)C)c(OC)c1. The second kappa shape index (κ2) is 13.1. The van der Waals surface area contributed by atoms with Crippen molar-refractivity contribution >= 4 is 33.4 Å². The van der Waals surface area contributed by atoms with E-state index in [4.69, 9.17) is 9.47 Å². The van der Waals surface area contributed by atoms with Gasteiger partial charge in [0.25, 0.3) is 11.7 Å². The molecule has 8 heteroatoms. The number of nitrogens with zero attached hydrogens (tertiary/aromatic N) is 2. The fourth-order valence-corrected chi connectivity index (χ4v) is 4.65. The average Bonchev–Trinajstić information content (AvgIpc) is 3.14. The lowest BCUT2D eigenvalue weighted by atomic mass is 9.95. The topological polar surface area (TPSA) is 79.3 Å². The van der Waals surface area contributed by atoms with Gasteiger partial charge in [0.15, 0.2) is 11.5 Å². The molecule has 1 N–H and O–H groups in total. The van der Waals surface area contributed by atoms with Crippen molar-refractivity contribution in [2.45, 2.75) is 40.2 Å². The van der Waals surface area contributed by atoms with E-state index in [2.05, 4.69) is 48.5 Å². The van der Waals surface area contributed by atoms with Crippen LogP contribution in [-0.2, 0) is 9.59 Å². The maximum absolute atomic E-state index is 13.3. The monoisotopic (exact) mass is 572 g/mol. The first-order chi connectivity index (χ1) is 17.7. The Morgan fingerprint density at radius 2 is 1.76 bits per heavy atom. The van der Waals surface area contributed by atoms with Crippen LogP contribution in [0.15, 0.2) is 52.5 Å². The van der Waals surface area contributed by atoms with Crippen molar-refractivity contribution in [1.29, 1.82) is 0 Å². The predicted octanol–water partition coefficient (Wildman–Crippen LogP) is 5.65. The largest absolute Gasteiger partial charge is 0.507 e. The minimum Gasteiger partial charge on any atom is -0.507 e. The van der Waals surface area contributed by atoms with Crippen LogP contribution in [0.1, 0.15) is 51.3 Å². The molecule has 0 aliphatic carbocycles. The lowest BCUT2D eigenvalue weighted by Gasteiger charge is -2.28. The standard InChI is InChI=1S/C29H37BrN2O5/c1-6-31(7-2)15-16-32-26(21-10-13-23(24(18-21)36-5)37-17-14-19(3)4)25(28(34)29(32)35)27(33)20-8-11-22(30)12-9-20/h8-13,18-19,26,33H,6-7,14-17H2,1-5H3.